The van der Waals surface area contributed by atoms with Crippen molar-refractivity contribution in [2.24, 2.45) is 0 Å². The number of nitrogens with zero attached hydrogens (tertiary/aromatic N) is 4. The summed E-state index contributed by atoms with van der Waals surface area (Å²) in [6.45, 7) is 0. The molecule has 3 heterocycles. The summed E-state index contributed by atoms with van der Waals surface area (Å²) in [4.78, 5) is 25.5. The van der Waals surface area contributed by atoms with Crippen LogP contribution in [0.15, 0.2) is 30.6 Å². The van der Waals surface area contributed by atoms with Crippen LogP contribution in [0.2, 0.25) is 0 Å². The first-order valence-electron chi connectivity index (χ1n) is 9.64. The highest BCUT2D eigenvalue weighted by atomic mass is 19.3. The summed E-state index contributed by atoms with van der Waals surface area (Å²) in [5.74, 6) is -0.0814. The van der Waals surface area contributed by atoms with Crippen LogP contribution in [0.1, 0.15) is 53.3 Å². The van der Waals surface area contributed by atoms with Crippen molar-refractivity contribution in [3.05, 3.63) is 53.4 Å². The topological polar surface area (TPSA) is 78.6 Å². The number of fused-ring (bicyclic) bond motifs is 1. The van der Waals surface area contributed by atoms with E-state index in [2.05, 4.69) is 9.97 Å². The fourth-order valence-corrected chi connectivity index (χ4v) is 4.66. The van der Waals surface area contributed by atoms with Crippen molar-refractivity contribution in [3.63, 3.8) is 0 Å². The first-order valence-corrected chi connectivity index (χ1v) is 9.64. The van der Waals surface area contributed by atoms with E-state index < -0.39 is 17.9 Å². The summed E-state index contributed by atoms with van der Waals surface area (Å²) in [6.07, 6.45) is 3.71. The molecule has 0 saturated heterocycles. The summed E-state index contributed by atoms with van der Waals surface area (Å²) in [7, 11) is 3.24. The fraction of sp³-hybridized carbons (Fsp3) is 0.429. The van der Waals surface area contributed by atoms with Gasteiger partial charge < -0.3 is 13.9 Å². The lowest BCUT2D eigenvalue weighted by atomic mass is 9.40. The van der Waals surface area contributed by atoms with Gasteiger partial charge in [-0.15, -0.1) is 0 Å². The van der Waals surface area contributed by atoms with Gasteiger partial charge in [-0.1, -0.05) is 6.07 Å². The zero-order valence-corrected chi connectivity index (χ0v) is 16.6. The Bertz CT molecular complexity index is 1140. The summed E-state index contributed by atoms with van der Waals surface area (Å²) >= 11 is 0. The molecular weight excluding hydrogens is 394 g/mol. The quantitative estimate of drug-likeness (QED) is 0.552. The Hall–Kier alpha value is -2.94. The predicted molar refractivity (Wildman–Crippen MR) is 102 cm³/mol. The van der Waals surface area contributed by atoms with Gasteiger partial charge in [0.15, 0.2) is 5.78 Å². The second kappa shape index (κ2) is 6.53. The number of aromatic nitrogens is 4. The van der Waals surface area contributed by atoms with Crippen LogP contribution >= 0.6 is 0 Å². The Morgan fingerprint density at radius 1 is 1.17 bits per heavy atom. The highest BCUT2D eigenvalue weighted by Crippen LogP contribution is 2.69. The highest BCUT2D eigenvalue weighted by molar-refractivity contribution is 5.95. The lowest BCUT2D eigenvalue weighted by molar-refractivity contribution is -0.233. The summed E-state index contributed by atoms with van der Waals surface area (Å²) in [6, 6.07) is 4.02. The Morgan fingerprint density at radius 3 is 2.60 bits per heavy atom. The van der Waals surface area contributed by atoms with Gasteiger partial charge in [-0.2, -0.15) is 0 Å². The maximum Gasteiger partial charge on any atom is 0.280 e. The molecule has 0 aliphatic heterocycles. The molecule has 156 valence electrons. The number of rotatable bonds is 7. The fourth-order valence-electron chi connectivity index (χ4n) is 4.66. The zero-order chi connectivity index (χ0) is 21.1. The van der Waals surface area contributed by atoms with Crippen molar-refractivity contribution in [2.75, 3.05) is 14.2 Å². The van der Waals surface area contributed by atoms with Crippen LogP contribution < -0.4 is 4.74 Å². The lowest BCUT2D eigenvalue weighted by Crippen LogP contribution is -2.70. The third kappa shape index (κ3) is 2.79. The molecule has 3 fully saturated rings. The van der Waals surface area contributed by atoms with Gasteiger partial charge in [0.25, 0.3) is 12.3 Å². The van der Waals surface area contributed by atoms with E-state index in [4.69, 9.17) is 14.5 Å². The molecule has 3 aliphatic carbocycles. The van der Waals surface area contributed by atoms with E-state index in [1.165, 1.54) is 25.3 Å². The Kier molecular flexibility index (Phi) is 4.15. The van der Waals surface area contributed by atoms with Gasteiger partial charge in [0.1, 0.15) is 11.4 Å². The van der Waals surface area contributed by atoms with Crippen LogP contribution in [-0.2, 0) is 16.6 Å². The molecule has 0 N–H and O–H groups in total. The lowest BCUT2D eigenvalue weighted by Gasteiger charge is -2.68. The molecule has 3 aromatic rings. The molecule has 3 aromatic heterocycles. The third-order valence-corrected chi connectivity index (χ3v) is 6.23. The molecule has 0 amide bonds. The zero-order valence-electron chi connectivity index (χ0n) is 16.6. The predicted octanol–water partition coefficient (Wildman–Crippen LogP) is 3.32. The van der Waals surface area contributed by atoms with E-state index in [0.29, 0.717) is 17.2 Å². The van der Waals surface area contributed by atoms with Crippen molar-refractivity contribution in [1.29, 1.82) is 0 Å². The number of ether oxygens (including phenoxy) is 2. The van der Waals surface area contributed by atoms with Crippen LogP contribution in [0, 0.1) is 0 Å². The van der Waals surface area contributed by atoms with Crippen molar-refractivity contribution in [2.45, 2.75) is 43.1 Å². The normalized spacial score (nSPS) is 24.6. The monoisotopic (exact) mass is 414 g/mol. The minimum atomic E-state index is -2.73. The molecule has 0 spiro atoms. The number of ketones is 1. The van der Waals surface area contributed by atoms with Gasteiger partial charge in [-0.25, -0.2) is 23.7 Å². The molecule has 0 radical (unpaired) electrons. The Labute approximate surface area is 171 Å². The number of methoxy groups -OCH3 is 2. The number of imidazole rings is 1. The minimum absolute atomic E-state index is 0.00940. The molecule has 0 unspecified atom stereocenters. The maximum absolute atomic E-state index is 12.9. The van der Waals surface area contributed by atoms with Gasteiger partial charge in [-0.3, -0.25) is 4.79 Å². The van der Waals surface area contributed by atoms with E-state index in [1.54, 1.807) is 13.3 Å². The van der Waals surface area contributed by atoms with Gasteiger partial charge >= 0.3 is 0 Å². The largest absolute Gasteiger partial charge is 0.478 e. The molecule has 2 bridgehead atoms. The van der Waals surface area contributed by atoms with E-state index in [-0.39, 0.29) is 23.1 Å². The molecule has 9 heteroatoms. The summed E-state index contributed by atoms with van der Waals surface area (Å²) in [5, 5.41) is 0. The van der Waals surface area contributed by atoms with Crippen LogP contribution in [0.3, 0.4) is 0 Å². The van der Waals surface area contributed by atoms with E-state index in [0.717, 1.165) is 25.0 Å². The molecule has 0 aromatic carbocycles. The Morgan fingerprint density at radius 2 is 1.93 bits per heavy atom. The van der Waals surface area contributed by atoms with Crippen molar-refractivity contribution in [3.8, 4) is 5.88 Å². The van der Waals surface area contributed by atoms with E-state index in [1.807, 2.05) is 10.6 Å². The first kappa shape index (κ1) is 19.0. The highest BCUT2D eigenvalue weighted by Gasteiger charge is 2.70. The second-order valence-corrected chi connectivity index (χ2v) is 8.14. The maximum atomic E-state index is 12.9. The van der Waals surface area contributed by atoms with Gasteiger partial charge in [0.05, 0.1) is 30.5 Å². The van der Waals surface area contributed by atoms with E-state index >= 15 is 0 Å². The Balaban J connectivity index is 1.43. The van der Waals surface area contributed by atoms with Crippen molar-refractivity contribution in [1.82, 2.24) is 19.4 Å². The van der Waals surface area contributed by atoms with Crippen LogP contribution in [0.5, 0.6) is 5.88 Å². The second-order valence-electron chi connectivity index (χ2n) is 8.14. The number of hydrogen-bond acceptors (Lipinski definition) is 6. The van der Waals surface area contributed by atoms with Crippen molar-refractivity contribution >= 4 is 11.4 Å². The smallest absolute Gasteiger partial charge is 0.280 e. The molecule has 0 atom stereocenters. The van der Waals surface area contributed by atoms with Gasteiger partial charge in [-0.05, 0) is 31.4 Å². The molecule has 3 aliphatic rings. The molecular formula is C21H20F2N4O3. The number of hydrogen-bond donors (Lipinski definition) is 0. The van der Waals surface area contributed by atoms with Gasteiger partial charge in [0.2, 0.25) is 5.65 Å². The molecule has 7 nitrogen and oxygen atoms in total. The number of pyridine rings is 1. The number of carbonyl (C=O) groups is 1. The van der Waals surface area contributed by atoms with Gasteiger partial charge in [0, 0.05) is 24.9 Å². The average molecular weight is 414 g/mol. The van der Waals surface area contributed by atoms with Crippen molar-refractivity contribution < 1.29 is 23.0 Å². The molecule has 30 heavy (non-hydrogen) atoms. The standard InChI is InChI=1S/C21H20F2N4O3/c1-29-19-18-26-16(20-9-21(10-20,11-20)30-2)8-27(18)7-12(24-19)6-15(28)13-4-3-5-14(25-13)17(22)23/h3-5,7-8,17H,6,9-11H2,1-2H3. The minimum Gasteiger partial charge on any atom is -0.478 e. The average Bonchev–Trinajstić information content (AvgIpc) is 3.09. The number of carbonyl (C=O) groups excluding carboxylic acids is 1. The number of alkyl halides is 2. The summed E-state index contributed by atoms with van der Waals surface area (Å²) in [5.41, 5.74) is 1.61. The third-order valence-electron chi connectivity index (χ3n) is 6.23. The van der Waals surface area contributed by atoms with Crippen LogP contribution in [0.25, 0.3) is 5.65 Å². The molecule has 3 saturated carbocycles. The number of Topliss-reactive ketones (excluding diaryl/α,β-unsaturated/α-hetero) is 1. The van der Waals surface area contributed by atoms with Crippen LogP contribution in [-0.4, -0.2) is 45.0 Å². The van der Waals surface area contributed by atoms with Crippen LogP contribution in [0.4, 0.5) is 8.78 Å². The molecule has 6 rings (SSSR count). The summed E-state index contributed by atoms with van der Waals surface area (Å²) < 4.78 is 38.5. The number of halogens is 2. The van der Waals surface area contributed by atoms with E-state index in [9.17, 15) is 13.6 Å². The SMILES string of the molecule is COc1nc(CC(=O)c2cccc(C(F)F)n2)cn2cc(C34CC(OC)(C3)C4)nc12. The first-order chi connectivity index (χ1) is 14.4.